The van der Waals surface area contributed by atoms with E-state index in [-0.39, 0.29) is 11.1 Å². The van der Waals surface area contributed by atoms with Gasteiger partial charge < -0.3 is 16.0 Å². The van der Waals surface area contributed by atoms with Crippen LogP contribution in [0.5, 0.6) is 0 Å². The van der Waals surface area contributed by atoms with Gasteiger partial charge in [0.05, 0.1) is 11.4 Å². The SMILES string of the molecule is Cc1ccc(N)c(NC(=O)c2cc(Cl)nc(N(C)C)c2)c1. The van der Waals surface area contributed by atoms with Gasteiger partial charge in [-0.1, -0.05) is 17.7 Å². The lowest BCUT2D eigenvalue weighted by atomic mass is 10.1. The standard InChI is InChI=1S/C15H17ClN4O/c1-9-4-5-11(17)12(6-9)18-15(21)10-7-13(16)19-14(8-10)20(2)3/h4-8H,17H2,1-3H3,(H,18,21). The number of nitrogens with two attached hydrogens (primary N) is 1. The summed E-state index contributed by atoms with van der Waals surface area (Å²) in [7, 11) is 3.66. The van der Waals surface area contributed by atoms with Crippen molar-refractivity contribution in [2.75, 3.05) is 30.0 Å². The molecule has 1 heterocycles. The van der Waals surface area contributed by atoms with Crippen LogP contribution in [-0.4, -0.2) is 25.0 Å². The van der Waals surface area contributed by atoms with Gasteiger partial charge in [-0.25, -0.2) is 4.98 Å². The van der Waals surface area contributed by atoms with Gasteiger partial charge in [0.1, 0.15) is 11.0 Å². The van der Waals surface area contributed by atoms with Crippen LogP contribution in [0.3, 0.4) is 0 Å². The summed E-state index contributed by atoms with van der Waals surface area (Å²) < 4.78 is 0. The van der Waals surface area contributed by atoms with E-state index in [0.717, 1.165) is 5.56 Å². The number of nitrogen functional groups attached to an aromatic ring is 1. The molecule has 5 nitrogen and oxygen atoms in total. The van der Waals surface area contributed by atoms with Crippen molar-refractivity contribution in [2.45, 2.75) is 6.92 Å². The number of hydrogen-bond acceptors (Lipinski definition) is 4. The number of hydrogen-bond donors (Lipinski definition) is 2. The highest BCUT2D eigenvalue weighted by Crippen LogP contribution is 2.22. The Bertz CT molecular complexity index is 685. The number of halogens is 1. The van der Waals surface area contributed by atoms with Crippen LogP contribution in [0.4, 0.5) is 17.2 Å². The van der Waals surface area contributed by atoms with Crippen molar-refractivity contribution in [1.82, 2.24) is 4.98 Å². The molecule has 0 atom stereocenters. The van der Waals surface area contributed by atoms with Crippen LogP contribution in [0, 0.1) is 6.92 Å². The van der Waals surface area contributed by atoms with E-state index >= 15 is 0 Å². The molecule has 3 N–H and O–H groups in total. The van der Waals surface area contributed by atoms with Crippen molar-refractivity contribution >= 4 is 34.7 Å². The molecular formula is C15H17ClN4O. The molecule has 0 unspecified atom stereocenters. The lowest BCUT2D eigenvalue weighted by molar-refractivity contribution is 0.102. The first-order valence-corrected chi connectivity index (χ1v) is 6.77. The maximum Gasteiger partial charge on any atom is 0.255 e. The van der Waals surface area contributed by atoms with Gasteiger partial charge in [0.2, 0.25) is 0 Å². The minimum absolute atomic E-state index is 0.267. The Hall–Kier alpha value is -2.27. The van der Waals surface area contributed by atoms with E-state index < -0.39 is 0 Å². The number of benzene rings is 1. The van der Waals surface area contributed by atoms with Gasteiger partial charge in [-0.2, -0.15) is 0 Å². The summed E-state index contributed by atoms with van der Waals surface area (Å²) in [6, 6.07) is 8.67. The second-order valence-corrected chi connectivity index (χ2v) is 5.36. The van der Waals surface area contributed by atoms with E-state index in [4.69, 9.17) is 17.3 Å². The highest BCUT2D eigenvalue weighted by atomic mass is 35.5. The monoisotopic (exact) mass is 304 g/mol. The van der Waals surface area contributed by atoms with Crippen LogP contribution < -0.4 is 16.0 Å². The molecule has 0 bridgehead atoms. The third-order valence-electron chi connectivity index (χ3n) is 2.96. The predicted octanol–water partition coefficient (Wildman–Crippen LogP) is 2.94. The number of carbonyl (C=O) groups excluding carboxylic acids is 1. The Kier molecular flexibility index (Phi) is 4.33. The van der Waals surface area contributed by atoms with Crippen molar-refractivity contribution in [3.8, 4) is 0 Å². The molecule has 110 valence electrons. The zero-order valence-corrected chi connectivity index (χ0v) is 12.9. The number of rotatable bonds is 3. The predicted molar refractivity (Wildman–Crippen MR) is 87.1 cm³/mol. The van der Waals surface area contributed by atoms with E-state index in [1.165, 1.54) is 6.07 Å². The summed E-state index contributed by atoms with van der Waals surface area (Å²) in [6.07, 6.45) is 0. The van der Waals surface area contributed by atoms with Gasteiger partial charge >= 0.3 is 0 Å². The van der Waals surface area contributed by atoms with Crippen LogP contribution >= 0.6 is 11.6 Å². The van der Waals surface area contributed by atoms with Crippen LogP contribution in [0.25, 0.3) is 0 Å². The zero-order chi connectivity index (χ0) is 15.6. The minimum atomic E-state index is -0.278. The Labute approximate surface area is 128 Å². The van der Waals surface area contributed by atoms with Crippen LogP contribution in [0.15, 0.2) is 30.3 Å². The van der Waals surface area contributed by atoms with Gasteiger partial charge in [0.25, 0.3) is 5.91 Å². The van der Waals surface area contributed by atoms with E-state index in [2.05, 4.69) is 10.3 Å². The third-order valence-corrected chi connectivity index (χ3v) is 3.15. The lowest BCUT2D eigenvalue weighted by Crippen LogP contribution is -2.16. The molecule has 0 spiro atoms. The number of pyridine rings is 1. The molecule has 0 aliphatic rings. The van der Waals surface area contributed by atoms with Crippen molar-refractivity contribution in [1.29, 1.82) is 0 Å². The topological polar surface area (TPSA) is 71.2 Å². The molecule has 1 aromatic carbocycles. The Balaban J connectivity index is 2.30. The van der Waals surface area contributed by atoms with Gasteiger partial charge in [0, 0.05) is 19.7 Å². The fraction of sp³-hybridized carbons (Fsp3) is 0.200. The molecule has 21 heavy (non-hydrogen) atoms. The normalized spacial score (nSPS) is 10.3. The van der Waals surface area contributed by atoms with Crippen molar-refractivity contribution in [3.63, 3.8) is 0 Å². The highest BCUT2D eigenvalue weighted by Gasteiger charge is 2.12. The number of nitrogens with zero attached hydrogens (tertiary/aromatic N) is 2. The molecule has 6 heteroatoms. The molecule has 0 fully saturated rings. The van der Waals surface area contributed by atoms with Gasteiger partial charge in [-0.05, 0) is 36.8 Å². The highest BCUT2D eigenvalue weighted by molar-refractivity contribution is 6.30. The first-order chi connectivity index (χ1) is 9.86. The second kappa shape index (κ2) is 6.01. The van der Waals surface area contributed by atoms with Crippen molar-refractivity contribution < 1.29 is 4.79 Å². The smallest absolute Gasteiger partial charge is 0.255 e. The van der Waals surface area contributed by atoms with Crippen LogP contribution in [0.2, 0.25) is 5.15 Å². The number of anilines is 3. The Morgan fingerprint density at radius 3 is 2.67 bits per heavy atom. The molecule has 0 saturated carbocycles. The van der Waals surface area contributed by atoms with E-state index in [9.17, 15) is 4.79 Å². The molecule has 1 aromatic heterocycles. The molecule has 0 aliphatic heterocycles. The molecule has 2 aromatic rings. The fourth-order valence-electron chi connectivity index (χ4n) is 1.82. The lowest BCUT2D eigenvalue weighted by Gasteiger charge is -2.14. The minimum Gasteiger partial charge on any atom is -0.397 e. The van der Waals surface area contributed by atoms with Crippen molar-refractivity contribution in [3.05, 3.63) is 46.6 Å². The summed E-state index contributed by atoms with van der Waals surface area (Å²) in [6.45, 7) is 1.93. The quantitative estimate of drug-likeness (QED) is 0.675. The van der Waals surface area contributed by atoms with Gasteiger partial charge in [-0.3, -0.25) is 4.79 Å². The first kappa shape index (κ1) is 15.1. The summed E-state index contributed by atoms with van der Waals surface area (Å²) in [5.41, 5.74) is 8.41. The summed E-state index contributed by atoms with van der Waals surface area (Å²) in [5.74, 6) is 0.338. The number of nitrogens with one attached hydrogen (secondary N) is 1. The summed E-state index contributed by atoms with van der Waals surface area (Å²) in [4.78, 5) is 18.3. The molecule has 1 amide bonds. The molecule has 2 rings (SSSR count). The second-order valence-electron chi connectivity index (χ2n) is 4.98. The number of aromatic nitrogens is 1. The van der Waals surface area contributed by atoms with Gasteiger partial charge in [-0.15, -0.1) is 0 Å². The molecule has 0 aliphatic carbocycles. The maximum atomic E-state index is 12.3. The maximum absolute atomic E-state index is 12.3. The van der Waals surface area contributed by atoms with E-state index in [1.807, 2.05) is 33.2 Å². The average Bonchev–Trinajstić information content (AvgIpc) is 2.42. The summed E-state index contributed by atoms with van der Waals surface area (Å²) >= 11 is 5.96. The van der Waals surface area contributed by atoms with E-state index in [1.54, 1.807) is 17.0 Å². The third kappa shape index (κ3) is 3.64. The Morgan fingerprint density at radius 1 is 1.29 bits per heavy atom. The molecular weight excluding hydrogens is 288 g/mol. The van der Waals surface area contributed by atoms with Gasteiger partial charge in [0.15, 0.2) is 0 Å². The summed E-state index contributed by atoms with van der Waals surface area (Å²) in [5, 5.41) is 3.06. The largest absolute Gasteiger partial charge is 0.397 e. The van der Waals surface area contributed by atoms with E-state index in [0.29, 0.717) is 22.8 Å². The zero-order valence-electron chi connectivity index (χ0n) is 12.1. The van der Waals surface area contributed by atoms with Crippen LogP contribution in [-0.2, 0) is 0 Å². The fourth-order valence-corrected chi connectivity index (χ4v) is 2.02. The van der Waals surface area contributed by atoms with Crippen molar-refractivity contribution in [2.24, 2.45) is 0 Å². The first-order valence-electron chi connectivity index (χ1n) is 6.39. The number of aryl methyl sites for hydroxylation is 1. The molecule has 0 radical (unpaired) electrons. The average molecular weight is 305 g/mol. The number of amides is 1. The number of carbonyl (C=O) groups is 1. The Morgan fingerprint density at radius 2 is 2.00 bits per heavy atom. The molecule has 0 saturated heterocycles. The van der Waals surface area contributed by atoms with Crippen LogP contribution in [0.1, 0.15) is 15.9 Å².